The summed E-state index contributed by atoms with van der Waals surface area (Å²) in [5, 5.41) is 3.51. The minimum Gasteiger partial charge on any atom is -0.337 e. The monoisotopic (exact) mass is 259 g/mol. The Balaban J connectivity index is 2.38. The fourth-order valence-electron chi connectivity index (χ4n) is 1.14. The van der Waals surface area contributed by atoms with Gasteiger partial charge >= 0.3 is 6.18 Å². The summed E-state index contributed by atoms with van der Waals surface area (Å²) in [5.41, 5.74) is 5.42. The summed E-state index contributed by atoms with van der Waals surface area (Å²) in [4.78, 5) is 10.3. The number of halogens is 3. The highest BCUT2D eigenvalue weighted by molar-refractivity contribution is 5.47. The molecular formula is C9H8F3N5O. The second-order valence-electron chi connectivity index (χ2n) is 3.51. The molecule has 0 fully saturated rings. The SMILES string of the molecule is C[C@H](N)c1nc(-c2ccnc(C(F)(F)F)n2)no1. The average molecular weight is 259 g/mol. The predicted molar refractivity (Wildman–Crippen MR) is 52.9 cm³/mol. The maximum atomic E-state index is 12.4. The largest absolute Gasteiger partial charge is 0.451 e. The molecule has 0 aliphatic carbocycles. The second kappa shape index (κ2) is 4.33. The minimum absolute atomic E-state index is 0.0600. The third kappa shape index (κ3) is 2.45. The van der Waals surface area contributed by atoms with Gasteiger partial charge in [0.05, 0.1) is 6.04 Å². The summed E-state index contributed by atoms with van der Waals surface area (Å²) in [6.45, 7) is 1.61. The van der Waals surface area contributed by atoms with Gasteiger partial charge in [-0.2, -0.15) is 18.2 Å². The Morgan fingerprint density at radius 2 is 2.06 bits per heavy atom. The van der Waals surface area contributed by atoms with Crippen LogP contribution in [-0.2, 0) is 6.18 Å². The molecule has 0 radical (unpaired) electrons. The molecule has 0 saturated carbocycles. The third-order valence-electron chi connectivity index (χ3n) is 1.97. The molecule has 2 heterocycles. The smallest absolute Gasteiger partial charge is 0.337 e. The van der Waals surface area contributed by atoms with Crippen LogP contribution in [0.25, 0.3) is 11.5 Å². The van der Waals surface area contributed by atoms with Crippen LogP contribution in [0.3, 0.4) is 0 Å². The van der Waals surface area contributed by atoms with Gasteiger partial charge in [0.25, 0.3) is 0 Å². The van der Waals surface area contributed by atoms with Crippen molar-refractivity contribution >= 4 is 0 Å². The molecule has 0 amide bonds. The average Bonchev–Trinajstić information content (AvgIpc) is 2.77. The normalized spacial score (nSPS) is 13.6. The van der Waals surface area contributed by atoms with Crippen molar-refractivity contribution in [1.82, 2.24) is 20.1 Å². The molecular weight excluding hydrogens is 251 g/mol. The Hall–Kier alpha value is -2.03. The Morgan fingerprint density at radius 1 is 1.33 bits per heavy atom. The molecule has 0 bridgehead atoms. The van der Waals surface area contributed by atoms with Crippen LogP contribution < -0.4 is 5.73 Å². The van der Waals surface area contributed by atoms with Crippen LogP contribution >= 0.6 is 0 Å². The van der Waals surface area contributed by atoms with Crippen LogP contribution in [0.1, 0.15) is 24.7 Å². The molecule has 0 spiro atoms. The molecule has 1 atom stereocenters. The topological polar surface area (TPSA) is 90.7 Å². The number of nitrogens with two attached hydrogens (primary N) is 1. The van der Waals surface area contributed by atoms with Crippen molar-refractivity contribution in [1.29, 1.82) is 0 Å². The second-order valence-corrected chi connectivity index (χ2v) is 3.51. The number of aromatic nitrogens is 4. The third-order valence-corrected chi connectivity index (χ3v) is 1.97. The van der Waals surface area contributed by atoms with Crippen molar-refractivity contribution in [3.8, 4) is 11.5 Å². The molecule has 2 aromatic heterocycles. The summed E-state index contributed by atoms with van der Waals surface area (Å²) < 4.78 is 42.0. The molecule has 0 saturated heterocycles. The molecule has 6 nitrogen and oxygen atoms in total. The van der Waals surface area contributed by atoms with Gasteiger partial charge in [-0.05, 0) is 13.0 Å². The molecule has 9 heteroatoms. The first-order valence-corrected chi connectivity index (χ1v) is 4.87. The Labute approximate surface area is 99.0 Å². The Morgan fingerprint density at radius 3 is 2.61 bits per heavy atom. The van der Waals surface area contributed by atoms with Gasteiger partial charge in [-0.3, -0.25) is 0 Å². The number of alkyl halides is 3. The van der Waals surface area contributed by atoms with E-state index in [9.17, 15) is 13.2 Å². The van der Waals surface area contributed by atoms with Crippen molar-refractivity contribution in [2.45, 2.75) is 19.1 Å². The summed E-state index contributed by atoms with van der Waals surface area (Å²) in [6, 6.07) is 0.751. The molecule has 0 unspecified atom stereocenters. The summed E-state index contributed by atoms with van der Waals surface area (Å²) >= 11 is 0. The van der Waals surface area contributed by atoms with Crippen LogP contribution in [0.4, 0.5) is 13.2 Å². The molecule has 2 rings (SSSR count). The predicted octanol–water partition coefficient (Wildman–Crippen LogP) is 1.57. The Bertz CT molecular complexity index is 551. The zero-order valence-electron chi connectivity index (χ0n) is 9.14. The first-order chi connectivity index (χ1) is 8.38. The molecule has 18 heavy (non-hydrogen) atoms. The van der Waals surface area contributed by atoms with E-state index < -0.39 is 18.0 Å². The number of hydrogen-bond acceptors (Lipinski definition) is 6. The summed E-state index contributed by atoms with van der Waals surface area (Å²) in [7, 11) is 0. The number of rotatable bonds is 2. The van der Waals surface area contributed by atoms with E-state index in [1.807, 2.05) is 0 Å². The van der Waals surface area contributed by atoms with Gasteiger partial charge in [-0.1, -0.05) is 5.16 Å². The van der Waals surface area contributed by atoms with Crippen molar-refractivity contribution in [3.05, 3.63) is 24.0 Å². The van der Waals surface area contributed by atoms with E-state index in [1.165, 1.54) is 6.07 Å². The number of hydrogen-bond donors (Lipinski definition) is 1. The lowest BCUT2D eigenvalue weighted by Gasteiger charge is -2.04. The fourth-order valence-corrected chi connectivity index (χ4v) is 1.14. The van der Waals surface area contributed by atoms with E-state index >= 15 is 0 Å². The van der Waals surface area contributed by atoms with Crippen molar-refractivity contribution in [2.75, 3.05) is 0 Å². The van der Waals surface area contributed by atoms with Crippen LogP contribution in [0, 0.1) is 0 Å². The van der Waals surface area contributed by atoms with Crippen LogP contribution in [0.2, 0.25) is 0 Å². The zero-order valence-corrected chi connectivity index (χ0v) is 9.14. The molecule has 2 aromatic rings. The molecule has 0 aromatic carbocycles. The maximum absolute atomic E-state index is 12.4. The van der Waals surface area contributed by atoms with Gasteiger partial charge in [-0.15, -0.1) is 0 Å². The number of nitrogens with zero attached hydrogens (tertiary/aromatic N) is 4. The van der Waals surface area contributed by atoms with Gasteiger partial charge in [0, 0.05) is 6.20 Å². The van der Waals surface area contributed by atoms with Crippen molar-refractivity contribution in [3.63, 3.8) is 0 Å². The highest BCUT2D eigenvalue weighted by atomic mass is 19.4. The molecule has 96 valence electrons. The Kier molecular flexibility index (Phi) is 2.99. The van der Waals surface area contributed by atoms with E-state index in [-0.39, 0.29) is 17.4 Å². The summed E-state index contributed by atoms with van der Waals surface area (Å²) in [5.74, 6) is -1.19. The highest BCUT2D eigenvalue weighted by Crippen LogP contribution is 2.27. The van der Waals surface area contributed by atoms with Crippen LogP contribution in [0.5, 0.6) is 0 Å². The first kappa shape index (κ1) is 12.4. The van der Waals surface area contributed by atoms with E-state index in [4.69, 9.17) is 10.3 Å². The van der Waals surface area contributed by atoms with Crippen LogP contribution in [-0.4, -0.2) is 20.1 Å². The van der Waals surface area contributed by atoms with E-state index in [1.54, 1.807) is 6.92 Å². The van der Waals surface area contributed by atoms with E-state index in [2.05, 4.69) is 20.1 Å². The van der Waals surface area contributed by atoms with Gasteiger partial charge in [-0.25, -0.2) is 9.97 Å². The van der Waals surface area contributed by atoms with Gasteiger partial charge in [0.2, 0.25) is 17.5 Å². The standard InChI is InChI=1S/C9H8F3N5O/c1-4(13)7-16-6(17-18-7)5-2-3-14-8(15-5)9(10,11)12/h2-4H,13H2,1H3/t4-/m0/s1. The van der Waals surface area contributed by atoms with E-state index in [0.717, 1.165) is 6.20 Å². The lowest BCUT2D eigenvalue weighted by molar-refractivity contribution is -0.144. The lowest BCUT2D eigenvalue weighted by atomic mass is 10.3. The quantitative estimate of drug-likeness (QED) is 0.880. The zero-order chi connectivity index (χ0) is 13.3. The van der Waals surface area contributed by atoms with Gasteiger partial charge in [0.1, 0.15) is 5.69 Å². The molecule has 0 aliphatic rings. The first-order valence-electron chi connectivity index (χ1n) is 4.87. The summed E-state index contributed by atoms with van der Waals surface area (Å²) in [6.07, 6.45) is -3.64. The van der Waals surface area contributed by atoms with Crippen LogP contribution in [0.15, 0.2) is 16.8 Å². The van der Waals surface area contributed by atoms with Gasteiger partial charge < -0.3 is 10.3 Å². The minimum atomic E-state index is -4.62. The van der Waals surface area contributed by atoms with Gasteiger partial charge in [0.15, 0.2) is 0 Å². The maximum Gasteiger partial charge on any atom is 0.451 e. The fraction of sp³-hybridized carbons (Fsp3) is 0.333. The van der Waals surface area contributed by atoms with E-state index in [0.29, 0.717) is 0 Å². The highest BCUT2D eigenvalue weighted by Gasteiger charge is 2.35. The molecule has 2 N–H and O–H groups in total. The van der Waals surface area contributed by atoms with Crippen molar-refractivity contribution in [2.24, 2.45) is 5.73 Å². The molecule has 0 aliphatic heterocycles. The van der Waals surface area contributed by atoms with Crippen molar-refractivity contribution < 1.29 is 17.7 Å². The lowest BCUT2D eigenvalue weighted by Crippen LogP contribution is -2.11.